The van der Waals surface area contributed by atoms with Crippen molar-refractivity contribution in [2.45, 2.75) is 32.3 Å². The highest BCUT2D eigenvalue weighted by Gasteiger charge is 2.27. The Kier molecular flexibility index (Phi) is 6.46. The van der Waals surface area contributed by atoms with Gasteiger partial charge in [-0.2, -0.15) is 0 Å². The van der Waals surface area contributed by atoms with Crippen molar-refractivity contribution in [3.05, 3.63) is 117 Å². The van der Waals surface area contributed by atoms with Gasteiger partial charge in [-0.1, -0.05) is 30.3 Å². The Morgan fingerprint density at radius 2 is 1.80 bits per heavy atom. The molecule has 3 aliphatic rings. The zero-order valence-corrected chi connectivity index (χ0v) is 23.5. The lowest BCUT2D eigenvalue weighted by molar-refractivity contribution is 0.0472. The number of carbonyl (C=O) groups is 1. The summed E-state index contributed by atoms with van der Waals surface area (Å²) in [4.78, 5) is 20.5. The van der Waals surface area contributed by atoms with E-state index in [0.717, 1.165) is 94.5 Å². The summed E-state index contributed by atoms with van der Waals surface area (Å²) in [6, 6.07) is 24.5. The molecule has 0 spiro atoms. The lowest BCUT2D eigenvalue weighted by atomic mass is 9.87. The quantitative estimate of drug-likeness (QED) is 0.302. The van der Waals surface area contributed by atoms with Gasteiger partial charge in [0, 0.05) is 67.0 Å². The number of hydrogen-bond donors (Lipinski definition) is 1. The molecule has 0 amide bonds. The number of benzene rings is 4. The molecule has 7 rings (SSSR count). The summed E-state index contributed by atoms with van der Waals surface area (Å²) in [6.07, 6.45) is 4.12. The third-order valence-corrected chi connectivity index (χ3v) is 8.18. The Labute approximate surface area is 240 Å². The fourth-order valence-corrected chi connectivity index (χ4v) is 6.07. The van der Waals surface area contributed by atoms with Crippen molar-refractivity contribution in [2.75, 3.05) is 37.4 Å². The topological polar surface area (TPSA) is 63.2 Å². The third-order valence-electron chi connectivity index (χ3n) is 8.18. The maximum Gasteiger partial charge on any atom is 0.339 e. The fourth-order valence-electron chi connectivity index (χ4n) is 6.07. The van der Waals surface area contributed by atoms with Crippen LogP contribution in [0.2, 0.25) is 0 Å². The lowest BCUT2D eigenvalue weighted by Crippen LogP contribution is -2.26. The number of carbonyl (C=O) groups excluding carboxylic acids is 1. The van der Waals surface area contributed by atoms with E-state index in [1.54, 1.807) is 0 Å². The average molecular weight is 544 g/mol. The second kappa shape index (κ2) is 10.4. The first-order valence-corrected chi connectivity index (χ1v) is 14.4. The maximum atomic E-state index is 13.7. The number of hydrogen-bond acceptors (Lipinski definition) is 6. The molecule has 6 heteroatoms. The fraction of sp³-hybridized carbons (Fsp3) is 0.257. The van der Waals surface area contributed by atoms with E-state index >= 15 is 0 Å². The zero-order chi connectivity index (χ0) is 27.9. The molecule has 0 radical (unpaired) electrons. The van der Waals surface area contributed by atoms with Gasteiger partial charge in [-0.3, -0.25) is 4.99 Å². The van der Waals surface area contributed by atoms with E-state index in [2.05, 4.69) is 29.6 Å². The largest absolute Gasteiger partial charge is 0.457 e. The predicted molar refractivity (Wildman–Crippen MR) is 162 cm³/mol. The smallest absolute Gasteiger partial charge is 0.339 e. The molecule has 206 valence electrons. The molecule has 3 heterocycles. The summed E-state index contributed by atoms with van der Waals surface area (Å²) < 4.78 is 12.5. The summed E-state index contributed by atoms with van der Waals surface area (Å²) in [5.74, 6) is 1.22. The highest BCUT2D eigenvalue weighted by molar-refractivity contribution is 5.99. The Morgan fingerprint density at radius 1 is 0.927 bits per heavy atom. The minimum Gasteiger partial charge on any atom is -0.457 e. The number of rotatable bonds is 5. The van der Waals surface area contributed by atoms with E-state index in [4.69, 9.17) is 14.5 Å². The van der Waals surface area contributed by atoms with Gasteiger partial charge in [0.2, 0.25) is 0 Å². The Morgan fingerprint density at radius 3 is 2.71 bits per heavy atom. The minimum atomic E-state index is -0.342. The van der Waals surface area contributed by atoms with E-state index in [0.29, 0.717) is 5.56 Å². The van der Waals surface area contributed by atoms with Crippen LogP contribution in [-0.4, -0.2) is 33.2 Å². The first-order chi connectivity index (χ1) is 20.0. The monoisotopic (exact) mass is 543 g/mol. The van der Waals surface area contributed by atoms with Crippen LogP contribution in [0.15, 0.2) is 77.8 Å². The van der Waals surface area contributed by atoms with Gasteiger partial charge in [0.15, 0.2) is 0 Å². The van der Waals surface area contributed by atoms with Crippen molar-refractivity contribution in [1.82, 2.24) is 0 Å². The highest BCUT2D eigenvalue weighted by atomic mass is 16.5. The van der Waals surface area contributed by atoms with Crippen LogP contribution in [0.1, 0.15) is 51.0 Å². The molecule has 41 heavy (non-hydrogen) atoms. The van der Waals surface area contributed by atoms with Crippen LogP contribution in [0.3, 0.4) is 0 Å². The molecule has 4 aromatic rings. The van der Waals surface area contributed by atoms with Gasteiger partial charge in [-0.05, 0) is 78.3 Å². The second-order valence-corrected chi connectivity index (χ2v) is 11.2. The number of nitrogens with zero attached hydrogens (tertiary/aromatic N) is 2. The van der Waals surface area contributed by atoms with Crippen LogP contribution in [0.5, 0.6) is 11.5 Å². The molecule has 0 unspecified atom stereocenters. The van der Waals surface area contributed by atoms with Gasteiger partial charge in [0.05, 0.1) is 10.9 Å². The van der Waals surface area contributed by atoms with E-state index in [1.807, 2.05) is 67.5 Å². The predicted octanol–water partition coefficient (Wildman–Crippen LogP) is 5.39. The van der Waals surface area contributed by atoms with E-state index in [9.17, 15) is 4.79 Å². The van der Waals surface area contributed by atoms with Gasteiger partial charge < -0.3 is 19.7 Å². The van der Waals surface area contributed by atoms with Crippen molar-refractivity contribution in [1.29, 1.82) is 0 Å². The molecule has 3 aliphatic heterocycles. The number of esters is 1. The van der Waals surface area contributed by atoms with Gasteiger partial charge in [0.1, 0.15) is 18.1 Å². The summed E-state index contributed by atoms with van der Waals surface area (Å²) >= 11 is 0. The number of ether oxygens (including phenoxy) is 2. The van der Waals surface area contributed by atoms with Gasteiger partial charge in [0.25, 0.3) is 0 Å². The van der Waals surface area contributed by atoms with E-state index < -0.39 is 0 Å². The molecular weight excluding hydrogens is 510 g/mol. The zero-order valence-electron chi connectivity index (χ0n) is 23.5. The number of fused-ring (bicyclic) bond motifs is 4. The maximum absolute atomic E-state index is 13.7. The van der Waals surface area contributed by atoms with Crippen molar-refractivity contribution < 1.29 is 14.3 Å². The van der Waals surface area contributed by atoms with Crippen LogP contribution in [-0.2, 0) is 24.2 Å². The van der Waals surface area contributed by atoms with Crippen LogP contribution in [0.4, 0.5) is 11.4 Å². The standard InChI is InChI=1S/C35H33N3O3/c1-38(2)25-11-5-8-22(16-25)21-40-35(39)27-13-4-3-12-26(27)34-28-17-23-9-6-14-36-30(23)19-32(28)41-33-20-31-24(18-29(33)34)10-7-15-37-31/h3-5,8,11-13,16-20,36H,6-7,9-10,14-15,21H2,1-2H3. The van der Waals surface area contributed by atoms with Crippen LogP contribution in [0.25, 0.3) is 5.57 Å². The average Bonchev–Trinajstić information content (AvgIpc) is 3.00. The highest BCUT2D eigenvalue weighted by Crippen LogP contribution is 2.41. The molecule has 0 atom stereocenters. The Hall–Kier alpha value is -4.58. The summed E-state index contributed by atoms with van der Waals surface area (Å²) in [7, 11) is 4.00. The van der Waals surface area contributed by atoms with Gasteiger partial charge in [-0.15, -0.1) is 0 Å². The number of nitrogens with one attached hydrogen (secondary N) is 1. The second-order valence-electron chi connectivity index (χ2n) is 11.2. The molecule has 0 aromatic heterocycles. The molecule has 1 N–H and O–H groups in total. The Balaban J connectivity index is 1.36. The normalized spacial score (nSPS) is 14.7. The summed E-state index contributed by atoms with van der Waals surface area (Å²) in [6.45, 7) is 1.99. The lowest BCUT2D eigenvalue weighted by Gasteiger charge is -2.27. The van der Waals surface area contributed by atoms with Gasteiger partial charge in [-0.25, -0.2) is 4.79 Å². The van der Waals surface area contributed by atoms with Crippen molar-refractivity contribution in [3.8, 4) is 11.5 Å². The van der Waals surface area contributed by atoms with Crippen molar-refractivity contribution in [2.24, 2.45) is 4.99 Å². The van der Waals surface area contributed by atoms with E-state index in [1.165, 1.54) is 11.1 Å². The molecule has 0 fully saturated rings. The first-order valence-electron chi connectivity index (χ1n) is 14.4. The molecule has 6 nitrogen and oxygen atoms in total. The molecule has 0 aliphatic carbocycles. The third kappa shape index (κ3) is 4.73. The molecular formula is C35H33N3O3. The van der Waals surface area contributed by atoms with Crippen LogP contribution in [0, 0.1) is 0 Å². The SMILES string of the molecule is CN(C)c1cccc(COC(=O)c2ccccc2C2=c3cc4c(cc3Oc3cc5c(cc32)CCCN5)=NCCC4)c1. The van der Waals surface area contributed by atoms with Crippen LogP contribution < -0.4 is 25.5 Å². The molecule has 4 aromatic carbocycles. The van der Waals surface area contributed by atoms with Crippen molar-refractivity contribution >= 4 is 22.9 Å². The first kappa shape index (κ1) is 25.4. The van der Waals surface area contributed by atoms with E-state index in [-0.39, 0.29) is 12.6 Å². The number of anilines is 2. The minimum absolute atomic E-state index is 0.203. The summed E-state index contributed by atoms with van der Waals surface area (Å²) in [5.41, 5.74) is 9.03. The molecule has 0 bridgehead atoms. The number of aryl methyl sites for hydroxylation is 2. The molecule has 0 saturated carbocycles. The molecule has 0 saturated heterocycles. The summed E-state index contributed by atoms with van der Waals surface area (Å²) in [5, 5.41) is 5.53. The van der Waals surface area contributed by atoms with Crippen molar-refractivity contribution in [3.63, 3.8) is 0 Å². The Bertz CT molecular complexity index is 1810. The van der Waals surface area contributed by atoms with Gasteiger partial charge >= 0.3 is 5.97 Å². The van der Waals surface area contributed by atoms with Crippen LogP contribution >= 0.6 is 0 Å².